The van der Waals surface area contributed by atoms with E-state index in [1.807, 2.05) is 20.8 Å². The lowest BCUT2D eigenvalue weighted by Gasteiger charge is -2.12. The van der Waals surface area contributed by atoms with Gasteiger partial charge < -0.3 is 10.1 Å². The second kappa shape index (κ2) is 7.17. The third kappa shape index (κ3) is 4.48. The third-order valence-corrected chi connectivity index (χ3v) is 3.40. The van der Waals surface area contributed by atoms with Crippen LogP contribution in [-0.2, 0) is 4.79 Å². The Morgan fingerprint density at radius 1 is 1.39 bits per heavy atom. The summed E-state index contributed by atoms with van der Waals surface area (Å²) in [4.78, 5) is 15.8. The Labute approximate surface area is 132 Å². The van der Waals surface area contributed by atoms with E-state index in [0.717, 1.165) is 17.0 Å². The maximum Gasteiger partial charge on any atom is 0.388 e. The lowest BCUT2D eigenvalue weighted by molar-refractivity contribution is -0.116. The first-order valence-electron chi connectivity index (χ1n) is 7.09. The van der Waals surface area contributed by atoms with Crippen LogP contribution < -0.4 is 10.1 Å². The molecule has 1 atom stereocenters. The summed E-state index contributed by atoms with van der Waals surface area (Å²) in [5.74, 6) is -0.388. The fourth-order valence-corrected chi connectivity index (χ4v) is 2.49. The topological polar surface area (TPSA) is 79.9 Å². The highest BCUT2D eigenvalue weighted by atomic mass is 19.3. The van der Waals surface area contributed by atoms with Gasteiger partial charge in [-0.05, 0) is 31.4 Å². The van der Waals surface area contributed by atoms with E-state index in [0.29, 0.717) is 5.69 Å². The number of ether oxygens (including phenoxy) is 1. The molecule has 2 rings (SSSR count). The fourth-order valence-electron chi connectivity index (χ4n) is 2.49. The van der Waals surface area contributed by atoms with Crippen molar-refractivity contribution >= 4 is 11.6 Å². The predicted octanol–water partition coefficient (Wildman–Crippen LogP) is 3.16. The van der Waals surface area contributed by atoms with Crippen molar-refractivity contribution in [3.63, 3.8) is 0 Å². The SMILES string of the molecule is Cc1n[nH]c(C)c1C(C)CC(=O)Nc1ccc(OC(F)F)nc1. The molecule has 8 heteroatoms. The van der Waals surface area contributed by atoms with Gasteiger partial charge in [-0.2, -0.15) is 13.9 Å². The normalized spacial score (nSPS) is 12.3. The summed E-state index contributed by atoms with van der Waals surface area (Å²) >= 11 is 0. The first kappa shape index (κ1) is 16.9. The highest BCUT2D eigenvalue weighted by Crippen LogP contribution is 2.25. The van der Waals surface area contributed by atoms with Crippen LogP contribution in [0.1, 0.15) is 36.2 Å². The Bertz CT molecular complexity index is 651. The Morgan fingerprint density at radius 2 is 2.13 bits per heavy atom. The van der Waals surface area contributed by atoms with Crippen LogP contribution in [0.25, 0.3) is 0 Å². The number of aryl methyl sites for hydroxylation is 2. The van der Waals surface area contributed by atoms with Gasteiger partial charge in [-0.3, -0.25) is 9.89 Å². The molecule has 6 nitrogen and oxygen atoms in total. The molecule has 2 aromatic heterocycles. The van der Waals surface area contributed by atoms with Gasteiger partial charge in [-0.25, -0.2) is 4.98 Å². The molecule has 0 saturated heterocycles. The smallest absolute Gasteiger partial charge is 0.388 e. The van der Waals surface area contributed by atoms with E-state index >= 15 is 0 Å². The van der Waals surface area contributed by atoms with E-state index in [4.69, 9.17) is 0 Å². The highest BCUT2D eigenvalue weighted by molar-refractivity contribution is 5.91. The first-order valence-corrected chi connectivity index (χ1v) is 7.09. The Hall–Kier alpha value is -2.51. The molecule has 1 unspecified atom stereocenters. The van der Waals surface area contributed by atoms with Gasteiger partial charge in [0.1, 0.15) is 0 Å². The van der Waals surface area contributed by atoms with E-state index < -0.39 is 6.61 Å². The molecular weight excluding hydrogens is 306 g/mol. The lowest BCUT2D eigenvalue weighted by atomic mass is 9.95. The number of hydrogen-bond donors (Lipinski definition) is 2. The maximum absolute atomic E-state index is 12.1. The number of carbonyl (C=O) groups is 1. The van der Waals surface area contributed by atoms with Crippen LogP contribution in [0, 0.1) is 13.8 Å². The van der Waals surface area contributed by atoms with Crippen molar-refractivity contribution in [2.45, 2.75) is 39.7 Å². The number of amides is 1. The zero-order valence-electron chi connectivity index (χ0n) is 13.1. The zero-order valence-corrected chi connectivity index (χ0v) is 13.1. The van der Waals surface area contributed by atoms with Crippen LogP contribution in [-0.4, -0.2) is 27.7 Å². The van der Waals surface area contributed by atoms with Crippen molar-refractivity contribution in [1.29, 1.82) is 0 Å². The molecule has 0 aliphatic heterocycles. The summed E-state index contributed by atoms with van der Waals surface area (Å²) in [6.07, 6.45) is 1.55. The minimum absolute atomic E-state index is 0.00292. The summed E-state index contributed by atoms with van der Waals surface area (Å²) in [6.45, 7) is 2.82. The molecular formula is C15H18F2N4O2. The molecule has 23 heavy (non-hydrogen) atoms. The zero-order chi connectivity index (χ0) is 17.0. The van der Waals surface area contributed by atoms with Crippen LogP contribution in [0.3, 0.4) is 0 Å². The van der Waals surface area contributed by atoms with Gasteiger partial charge in [0.05, 0.1) is 17.6 Å². The number of carbonyl (C=O) groups excluding carboxylic acids is 1. The number of rotatable bonds is 6. The van der Waals surface area contributed by atoms with Crippen LogP contribution >= 0.6 is 0 Å². The predicted molar refractivity (Wildman–Crippen MR) is 80.6 cm³/mol. The quantitative estimate of drug-likeness (QED) is 0.855. The number of nitrogens with one attached hydrogen (secondary N) is 2. The molecule has 0 radical (unpaired) electrons. The Kier molecular flexibility index (Phi) is 5.25. The van der Waals surface area contributed by atoms with E-state index in [1.54, 1.807) is 0 Å². The molecule has 0 aliphatic rings. The molecule has 0 spiro atoms. The summed E-state index contributed by atoms with van der Waals surface area (Å²) in [6, 6.07) is 2.73. The molecule has 124 valence electrons. The van der Waals surface area contributed by atoms with Gasteiger partial charge >= 0.3 is 6.61 Å². The van der Waals surface area contributed by atoms with Crippen molar-refractivity contribution in [3.05, 3.63) is 35.3 Å². The van der Waals surface area contributed by atoms with Crippen LogP contribution in [0.4, 0.5) is 14.5 Å². The van der Waals surface area contributed by atoms with Gasteiger partial charge in [-0.15, -0.1) is 0 Å². The van der Waals surface area contributed by atoms with E-state index in [1.165, 1.54) is 18.3 Å². The number of pyridine rings is 1. The van der Waals surface area contributed by atoms with Gasteiger partial charge in [0.15, 0.2) is 0 Å². The minimum atomic E-state index is -2.93. The van der Waals surface area contributed by atoms with Crippen LogP contribution in [0.2, 0.25) is 0 Å². The van der Waals surface area contributed by atoms with Crippen LogP contribution in [0.15, 0.2) is 18.3 Å². The van der Waals surface area contributed by atoms with Gasteiger partial charge in [0.2, 0.25) is 11.8 Å². The molecule has 0 bridgehead atoms. The molecule has 0 aliphatic carbocycles. The van der Waals surface area contributed by atoms with Crippen molar-refractivity contribution in [3.8, 4) is 5.88 Å². The Balaban J connectivity index is 1.94. The second-order valence-electron chi connectivity index (χ2n) is 5.26. The Morgan fingerprint density at radius 3 is 2.65 bits per heavy atom. The number of hydrogen-bond acceptors (Lipinski definition) is 4. The van der Waals surface area contributed by atoms with Crippen LogP contribution in [0.5, 0.6) is 5.88 Å². The van der Waals surface area contributed by atoms with Crippen molar-refractivity contribution < 1.29 is 18.3 Å². The summed E-state index contributed by atoms with van der Waals surface area (Å²) < 4.78 is 28.2. The van der Waals surface area contributed by atoms with Gasteiger partial charge in [0, 0.05) is 18.2 Å². The van der Waals surface area contributed by atoms with Crippen molar-refractivity contribution in [1.82, 2.24) is 15.2 Å². The highest BCUT2D eigenvalue weighted by Gasteiger charge is 2.17. The van der Waals surface area contributed by atoms with E-state index in [-0.39, 0.29) is 24.1 Å². The maximum atomic E-state index is 12.1. The summed E-state index contributed by atoms with van der Waals surface area (Å²) in [5.41, 5.74) is 3.26. The number of alkyl halides is 2. The average molecular weight is 324 g/mol. The van der Waals surface area contributed by atoms with Crippen molar-refractivity contribution in [2.24, 2.45) is 0 Å². The number of H-pyrrole nitrogens is 1. The van der Waals surface area contributed by atoms with Crippen molar-refractivity contribution in [2.75, 3.05) is 5.32 Å². The molecule has 0 aromatic carbocycles. The van der Waals surface area contributed by atoms with Gasteiger partial charge in [-0.1, -0.05) is 6.92 Å². The standard InChI is InChI=1S/C15H18F2N4O2/c1-8(14-9(2)20-21-10(14)3)6-12(22)19-11-4-5-13(18-7-11)23-15(16)17/h4-5,7-8,15H,6H2,1-3H3,(H,19,22)(H,20,21). The lowest BCUT2D eigenvalue weighted by Crippen LogP contribution is -2.15. The summed E-state index contributed by atoms with van der Waals surface area (Å²) in [7, 11) is 0. The monoisotopic (exact) mass is 324 g/mol. The van der Waals surface area contributed by atoms with Gasteiger partial charge in [0.25, 0.3) is 0 Å². The van der Waals surface area contributed by atoms with E-state index in [9.17, 15) is 13.6 Å². The fraction of sp³-hybridized carbons (Fsp3) is 0.400. The molecule has 1 amide bonds. The average Bonchev–Trinajstić information content (AvgIpc) is 2.79. The molecule has 2 aromatic rings. The number of halogens is 2. The minimum Gasteiger partial charge on any atom is -0.417 e. The molecule has 0 fully saturated rings. The number of aromatic amines is 1. The first-order chi connectivity index (χ1) is 10.9. The van der Waals surface area contributed by atoms with E-state index in [2.05, 4.69) is 25.2 Å². The molecule has 2 heterocycles. The number of anilines is 1. The number of nitrogens with zero attached hydrogens (tertiary/aromatic N) is 2. The largest absolute Gasteiger partial charge is 0.417 e. The second-order valence-corrected chi connectivity index (χ2v) is 5.26. The third-order valence-electron chi connectivity index (χ3n) is 3.40. The molecule has 0 saturated carbocycles. The summed E-state index contributed by atoms with van der Waals surface area (Å²) in [5, 5.41) is 9.69. The number of aromatic nitrogens is 3. The molecule has 2 N–H and O–H groups in total.